The van der Waals surface area contributed by atoms with Gasteiger partial charge in [-0.15, -0.1) is 0 Å². The highest BCUT2D eigenvalue weighted by atomic mass is 16.5. The molecule has 0 spiro atoms. The predicted molar refractivity (Wildman–Crippen MR) is 79.7 cm³/mol. The number of carbonyl (C=O) groups excluding carboxylic acids is 1. The van der Waals surface area contributed by atoms with Crippen LogP contribution in [-0.4, -0.2) is 49.7 Å². The molecule has 1 amide bonds. The number of ether oxygens (including phenoxy) is 1. The predicted octanol–water partition coefficient (Wildman–Crippen LogP) is 0.938. The fourth-order valence-corrected chi connectivity index (χ4v) is 2.43. The molecule has 5 heteroatoms. The molecule has 1 unspecified atom stereocenters. The van der Waals surface area contributed by atoms with E-state index in [1.807, 2.05) is 19.1 Å². The van der Waals surface area contributed by atoms with Crippen LogP contribution in [0.3, 0.4) is 0 Å². The van der Waals surface area contributed by atoms with Gasteiger partial charge in [0.1, 0.15) is 0 Å². The molecule has 1 aliphatic heterocycles. The zero-order valence-corrected chi connectivity index (χ0v) is 12.3. The Balaban J connectivity index is 1.76. The number of carbonyl (C=O) groups is 1. The summed E-state index contributed by atoms with van der Waals surface area (Å²) in [5.74, 6) is 0.0143. The van der Waals surface area contributed by atoms with Crippen molar-refractivity contribution in [1.29, 1.82) is 5.26 Å². The Morgan fingerprint density at radius 3 is 2.67 bits per heavy atom. The second-order valence-electron chi connectivity index (χ2n) is 5.37. The second-order valence-corrected chi connectivity index (χ2v) is 5.37. The summed E-state index contributed by atoms with van der Waals surface area (Å²) in [4.78, 5) is 14.3. The number of morpholine rings is 1. The number of hydrogen-bond donors (Lipinski definition) is 1. The Bertz CT molecular complexity index is 501. The van der Waals surface area contributed by atoms with E-state index in [9.17, 15) is 4.79 Å². The van der Waals surface area contributed by atoms with Gasteiger partial charge in [0.2, 0.25) is 5.91 Å². The average Bonchev–Trinajstić information content (AvgIpc) is 2.48. The zero-order chi connectivity index (χ0) is 15.1. The van der Waals surface area contributed by atoms with Crippen molar-refractivity contribution in [1.82, 2.24) is 10.2 Å². The molecule has 0 aromatic heterocycles. The van der Waals surface area contributed by atoms with Crippen molar-refractivity contribution in [3.63, 3.8) is 0 Å². The molecule has 1 atom stereocenters. The smallest absolute Gasteiger partial charge is 0.224 e. The maximum Gasteiger partial charge on any atom is 0.224 e. The van der Waals surface area contributed by atoms with E-state index in [1.165, 1.54) is 0 Å². The summed E-state index contributed by atoms with van der Waals surface area (Å²) in [6, 6.07) is 9.31. The van der Waals surface area contributed by atoms with Crippen molar-refractivity contribution in [3.8, 4) is 6.07 Å². The van der Waals surface area contributed by atoms with E-state index in [1.54, 1.807) is 12.1 Å². The summed E-state index contributed by atoms with van der Waals surface area (Å²) in [6.07, 6.45) is 0.346. The molecule has 1 saturated heterocycles. The van der Waals surface area contributed by atoms with E-state index in [4.69, 9.17) is 10.00 Å². The van der Waals surface area contributed by atoms with Crippen molar-refractivity contribution in [2.45, 2.75) is 19.4 Å². The first-order valence-electron chi connectivity index (χ1n) is 7.26. The van der Waals surface area contributed by atoms with Gasteiger partial charge in [-0.3, -0.25) is 9.69 Å². The molecule has 0 radical (unpaired) electrons. The monoisotopic (exact) mass is 287 g/mol. The molecule has 0 bridgehead atoms. The van der Waals surface area contributed by atoms with Crippen LogP contribution in [-0.2, 0) is 16.0 Å². The van der Waals surface area contributed by atoms with Gasteiger partial charge in [-0.05, 0) is 24.6 Å². The van der Waals surface area contributed by atoms with E-state index in [-0.39, 0.29) is 11.9 Å². The second kappa shape index (κ2) is 7.77. The third-order valence-corrected chi connectivity index (χ3v) is 3.49. The van der Waals surface area contributed by atoms with Crippen molar-refractivity contribution >= 4 is 5.91 Å². The van der Waals surface area contributed by atoms with Gasteiger partial charge in [0, 0.05) is 25.7 Å². The van der Waals surface area contributed by atoms with Crippen LogP contribution in [0.2, 0.25) is 0 Å². The van der Waals surface area contributed by atoms with Gasteiger partial charge in [-0.2, -0.15) is 5.26 Å². The number of benzene rings is 1. The fourth-order valence-electron chi connectivity index (χ4n) is 2.43. The standard InChI is InChI=1S/C16H21N3O2/c1-13(12-19-6-8-21-9-7-19)18-16(20)10-14-2-4-15(11-17)5-3-14/h2-5,13H,6-10,12H2,1H3,(H,18,20). The van der Waals surface area contributed by atoms with Crippen LogP contribution in [0, 0.1) is 11.3 Å². The Morgan fingerprint density at radius 2 is 2.05 bits per heavy atom. The molecule has 1 fully saturated rings. The van der Waals surface area contributed by atoms with Crippen LogP contribution in [0.25, 0.3) is 0 Å². The molecule has 0 saturated carbocycles. The van der Waals surface area contributed by atoms with Crippen molar-refractivity contribution < 1.29 is 9.53 Å². The molecule has 1 aromatic carbocycles. The Kier molecular flexibility index (Phi) is 5.73. The molecule has 1 aromatic rings. The average molecular weight is 287 g/mol. The number of amides is 1. The summed E-state index contributed by atoms with van der Waals surface area (Å²) < 4.78 is 5.31. The molecule has 1 N–H and O–H groups in total. The number of hydrogen-bond acceptors (Lipinski definition) is 4. The summed E-state index contributed by atoms with van der Waals surface area (Å²) in [6.45, 7) is 6.26. The lowest BCUT2D eigenvalue weighted by molar-refractivity contribution is -0.121. The van der Waals surface area contributed by atoms with Gasteiger partial charge in [-0.1, -0.05) is 12.1 Å². The van der Waals surface area contributed by atoms with E-state index in [0.717, 1.165) is 38.4 Å². The lowest BCUT2D eigenvalue weighted by Crippen LogP contribution is -2.46. The SMILES string of the molecule is CC(CN1CCOCC1)NC(=O)Cc1ccc(C#N)cc1. The highest BCUT2D eigenvalue weighted by Gasteiger charge is 2.15. The Labute approximate surface area is 125 Å². The quantitative estimate of drug-likeness (QED) is 0.875. The first kappa shape index (κ1) is 15.5. The zero-order valence-electron chi connectivity index (χ0n) is 12.3. The molecule has 5 nitrogen and oxygen atoms in total. The summed E-state index contributed by atoms with van der Waals surface area (Å²) in [5, 5.41) is 11.8. The Hall–Kier alpha value is -1.90. The first-order chi connectivity index (χ1) is 10.2. The van der Waals surface area contributed by atoms with E-state index < -0.39 is 0 Å². The van der Waals surface area contributed by atoms with Crippen molar-refractivity contribution in [2.75, 3.05) is 32.8 Å². The van der Waals surface area contributed by atoms with Gasteiger partial charge in [0.05, 0.1) is 31.3 Å². The lowest BCUT2D eigenvalue weighted by atomic mass is 10.1. The number of nitrogens with one attached hydrogen (secondary N) is 1. The highest BCUT2D eigenvalue weighted by molar-refractivity contribution is 5.78. The Morgan fingerprint density at radius 1 is 1.38 bits per heavy atom. The van der Waals surface area contributed by atoms with Crippen molar-refractivity contribution in [3.05, 3.63) is 35.4 Å². The van der Waals surface area contributed by atoms with E-state index in [0.29, 0.717) is 12.0 Å². The van der Waals surface area contributed by atoms with Crippen LogP contribution < -0.4 is 5.32 Å². The van der Waals surface area contributed by atoms with Gasteiger partial charge in [0.15, 0.2) is 0 Å². The third kappa shape index (κ3) is 5.18. The summed E-state index contributed by atoms with van der Waals surface area (Å²) in [7, 11) is 0. The molecule has 1 heterocycles. The minimum atomic E-state index is 0.0143. The first-order valence-corrected chi connectivity index (χ1v) is 7.26. The largest absolute Gasteiger partial charge is 0.379 e. The minimum absolute atomic E-state index is 0.0143. The molecule has 1 aliphatic rings. The molecule has 112 valence electrons. The maximum absolute atomic E-state index is 12.0. The van der Waals surface area contributed by atoms with Crippen LogP contribution in [0.15, 0.2) is 24.3 Å². The summed E-state index contributed by atoms with van der Waals surface area (Å²) >= 11 is 0. The third-order valence-electron chi connectivity index (χ3n) is 3.49. The normalized spacial score (nSPS) is 17.0. The fraction of sp³-hybridized carbons (Fsp3) is 0.500. The molecular weight excluding hydrogens is 266 g/mol. The lowest BCUT2D eigenvalue weighted by Gasteiger charge is -2.29. The molecule has 21 heavy (non-hydrogen) atoms. The van der Waals surface area contributed by atoms with Crippen molar-refractivity contribution in [2.24, 2.45) is 0 Å². The van der Waals surface area contributed by atoms with E-state index >= 15 is 0 Å². The summed E-state index contributed by atoms with van der Waals surface area (Å²) in [5.41, 5.74) is 1.53. The molecule has 0 aliphatic carbocycles. The minimum Gasteiger partial charge on any atom is -0.379 e. The highest BCUT2D eigenvalue weighted by Crippen LogP contribution is 2.04. The van der Waals surface area contributed by atoms with Crippen LogP contribution >= 0.6 is 0 Å². The number of rotatable bonds is 5. The maximum atomic E-state index is 12.0. The number of nitrogens with zero attached hydrogens (tertiary/aromatic N) is 2. The van der Waals surface area contributed by atoms with Gasteiger partial charge in [0.25, 0.3) is 0 Å². The van der Waals surface area contributed by atoms with Gasteiger partial charge >= 0.3 is 0 Å². The van der Waals surface area contributed by atoms with Crippen LogP contribution in [0.5, 0.6) is 0 Å². The van der Waals surface area contributed by atoms with E-state index in [2.05, 4.69) is 16.3 Å². The topological polar surface area (TPSA) is 65.4 Å². The molecule has 2 rings (SSSR count). The van der Waals surface area contributed by atoms with Gasteiger partial charge in [-0.25, -0.2) is 0 Å². The molecular formula is C16H21N3O2. The number of nitriles is 1. The van der Waals surface area contributed by atoms with Crippen LogP contribution in [0.4, 0.5) is 0 Å². The van der Waals surface area contributed by atoms with Crippen LogP contribution in [0.1, 0.15) is 18.1 Å². The van der Waals surface area contributed by atoms with Gasteiger partial charge < -0.3 is 10.1 Å².